The number of nitrogens with zero attached hydrogens (tertiary/aromatic N) is 6. The van der Waals surface area contributed by atoms with Gasteiger partial charge in [-0.2, -0.15) is 0 Å². The third-order valence-corrected chi connectivity index (χ3v) is 9.57. The molecule has 1 aliphatic carbocycles. The third-order valence-electron chi connectivity index (χ3n) is 9.57. The van der Waals surface area contributed by atoms with E-state index in [4.69, 9.17) is 4.74 Å². The van der Waals surface area contributed by atoms with E-state index in [2.05, 4.69) is 10.3 Å². The normalized spacial score (nSPS) is 21.0. The molecule has 3 aliphatic heterocycles. The lowest BCUT2D eigenvalue weighted by Crippen LogP contribution is -2.51. The van der Waals surface area contributed by atoms with Gasteiger partial charge in [-0.25, -0.2) is 23.4 Å². The van der Waals surface area contributed by atoms with E-state index in [1.807, 2.05) is 4.90 Å². The molecule has 4 aliphatic rings. The van der Waals surface area contributed by atoms with Gasteiger partial charge >= 0.3 is 12.1 Å². The minimum absolute atomic E-state index is 0.0104. The first-order chi connectivity index (χ1) is 23.5. The maximum atomic E-state index is 15.4. The summed E-state index contributed by atoms with van der Waals surface area (Å²) >= 11 is 0. The number of cyclic esters (lactones) is 1. The van der Waals surface area contributed by atoms with Crippen LogP contribution in [0, 0.1) is 17.6 Å². The summed E-state index contributed by atoms with van der Waals surface area (Å²) in [6.45, 7) is 3.82. The summed E-state index contributed by atoms with van der Waals surface area (Å²) in [7, 11) is 0. The van der Waals surface area contributed by atoms with Gasteiger partial charge in [-0.3, -0.25) is 19.3 Å². The van der Waals surface area contributed by atoms with Gasteiger partial charge in [0.1, 0.15) is 23.1 Å². The van der Waals surface area contributed by atoms with Gasteiger partial charge in [0.05, 0.1) is 35.8 Å². The maximum absolute atomic E-state index is 15.4. The van der Waals surface area contributed by atoms with E-state index >= 15 is 8.78 Å². The third kappa shape index (κ3) is 6.22. The molecule has 2 N–H and O–H groups in total. The number of halogens is 2. The van der Waals surface area contributed by atoms with E-state index in [0.29, 0.717) is 50.5 Å². The number of hydrogen-bond donors (Lipinski definition) is 2. The number of nitrogens with one attached hydrogen (secondary N) is 1. The molecule has 0 bridgehead atoms. The van der Waals surface area contributed by atoms with E-state index in [-0.39, 0.29) is 54.3 Å². The predicted octanol–water partition coefficient (Wildman–Crippen LogP) is 2.34. The Kier molecular flexibility index (Phi) is 8.32. The van der Waals surface area contributed by atoms with Crippen molar-refractivity contribution in [1.82, 2.24) is 19.8 Å². The smallest absolute Gasteiger partial charge is 0.414 e. The Bertz CT molecular complexity index is 1930. The zero-order valence-corrected chi connectivity index (χ0v) is 26.7. The molecule has 7 rings (SSSR count). The number of carboxylic acids is 1. The Labute approximate surface area is 278 Å². The van der Waals surface area contributed by atoms with Gasteiger partial charge in [0.25, 0.3) is 0 Å². The second-order valence-electron chi connectivity index (χ2n) is 12.9. The van der Waals surface area contributed by atoms with Crippen LogP contribution in [0.15, 0.2) is 35.3 Å². The lowest BCUT2D eigenvalue weighted by molar-refractivity contribution is -0.135. The topological polar surface area (TPSA) is 158 Å². The van der Waals surface area contributed by atoms with Crippen LogP contribution < -0.4 is 25.4 Å². The maximum Gasteiger partial charge on any atom is 0.414 e. The first kappa shape index (κ1) is 32.3. The molecule has 1 saturated carbocycles. The molecule has 16 heteroatoms. The van der Waals surface area contributed by atoms with E-state index in [9.17, 15) is 29.1 Å². The fraction of sp³-hybridized carbons (Fsp3) is 0.455. The van der Waals surface area contributed by atoms with E-state index in [0.717, 1.165) is 18.9 Å². The largest absolute Gasteiger partial charge is 0.477 e. The standard InChI is InChI=1S/C33H35F2N7O7/c1-18(43)36-14-22-16-42(33(48)49-22)21-4-5-27(25(34)12-21)38-8-10-39(11-9-38)31(45)19-6-7-40(15-19)30-26(35)13-23-28(44)24(32(46)47)17-41(20-2-3-20)29(23)37-30/h4-5,12-13,17,19-20,22H,2-3,6-11,14-16H2,1H3,(H,36,43)(H,46,47)/t19-,22-/m0/s1. The van der Waals surface area contributed by atoms with Crippen molar-refractivity contribution in [3.8, 4) is 0 Å². The number of amides is 3. The van der Waals surface area contributed by atoms with Gasteiger partial charge in [0.2, 0.25) is 17.2 Å². The summed E-state index contributed by atoms with van der Waals surface area (Å²) in [4.78, 5) is 72.6. The minimum Gasteiger partial charge on any atom is -0.477 e. The Morgan fingerprint density at radius 2 is 1.73 bits per heavy atom. The van der Waals surface area contributed by atoms with Crippen molar-refractivity contribution < 1.29 is 37.8 Å². The Balaban J connectivity index is 0.982. The summed E-state index contributed by atoms with van der Waals surface area (Å²) in [5.41, 5.74) is -0.293. The number of piperazine rings is 1. The van der Waals surface area contributed by atoms with Gasteiger partial charge in [0.15, 0.2) is 11.6 Å². The second-order valence-corrected chi connectivity index (χ2v) is 12.9. The number of carboxylic acid groups (broad SMARTS) is 1. The van der Waals surface area contributed by atoms with Crippen LogP contribution in [0.2, 0.25) is 0 Å². The van der Waals surface area contributed by atoms with Crippen LogP contribution in [-0.4, -0.2) is 102 Å². The number of carbonyl (C=O) groups is 4. The molecular weight excluding hydrogens is 644 g/mol. The Morgan fingerprint density at radius 3 is 2.41 bits per heavy atom. The Morgan fingerprint density at radius 1 is 0.980 bits per heavy atom. The van der Waals surface area contributed by atoms with Crippen molar-refractivity contribution in [2.24, 2.45) is 5.92 Å². The highest BCUT2D eigenvalue weighted by molar-refractivity contribution is 5.92. The molecule has 49 heavy (non-hydrogen) atoms. The number of rotatable bonds is 8. The lowest BCUT2D eigenvalue weighted by Gasteiger charge is -2.37. The van der Waals surface area contributed by atoms with Crippen LogP contribution in [0.5, 0.6) is 0 Å². The number of benzene rings is 1. The molecule has 5 heterocycles. The fourth-order valence-corrected chi connectivity index (χ4v) is 6.84. The number of pyridine rings is 2. The average Bonchev–Trinajstić information content (AvgIpc) is 3.68. The highest BCUT2D eigenvalue weighted by Gasteiger charge is 2.36. The molecule has 3 aromatic rings. The molecule has 3 saturated heterocycles. The van der Waals surface area contributed by atoms with Gasteiger partial charge in [0, 0.05) is 58.4 Å². The number of carbonyl (C=O) groups excluding carboxylic acids is 3. The number of aromatic carboxylic acids is 1. The molecule has 2 atom stereocenters. The monoisotopic (exact) mass is 679 g/mol. The molecule has 3 amide bonds. The van der Waals surface area contributed by atoms with Crippen LogP contribution in [-0.2, 0) is 14.3 Å². The van der Waals surface area contributed by atoms with Crippen LogP contribution in [0.25, 0.3) is 11.0 Å². The zero-order chi connectivity index (χ0) is 34.6. The highest BCUT2D eigenvalue weighted by atomic mass is 19.1. The molecular formula is C33H35F2N7O7. The van der Waals surface area contributed by atoms with Crippen LogP contribution in [0.1, 0.15) is 42.6 Å². The number of aromatic nitrogens is 2. The molecule has 2 aromatic heterocycles. The molecule has 258 valence electrons. The number of fused-ring (bicyclic) bond motifs is 1. The molecule has 0 radical (unpaired) electrons. The predicted molar refractivity (Wildman–Crippen MR) is 173 cm³/mol. The van der Waals surface area contributed by atoms with Crippen molar-refractivity contribution in [3.05, 3.63) is 57.9 Å². The summed E-state index contributed by atoms with van der Waals surface area (Å²) in [5.74, 6) is -3.36. The van der Waals surface area contributed by atoms with Crippen molar-refractivity contribution >= 4 is 52.1 Å². The molecule has 1 aromatic carbocycles. The summed E-state index contributed by atoms with van der Waals surface area (Å²) in [6.07, 6.45) is 2.20. The Hall–Kier alpha value is -5.28. The fourth-order valence-electron chi connectivity index (χ4n) is 6.84. The highest BCUT2D eigenvalue weighted by Crippen LogP contribution is 2.38. The van der Waals surface area contributed by atoms with Crippen LogP contribution in [0.4, 0.5) is 30.8 Å². The number of ether oxygens (including phenoxy) is 1. The van der Waals surface area contributed by atoms with Gasteiger partial charge in [-0.05, 0) is 43.5 Å². The van der Waals surface area contributed by atoms with Gasteiger partial charge in [-0.1, -0.05) is 0 Å². The second kappa shape index (κ2) is 12.6. The van der Waals surface area contributed by atoms with E-state index < -0.39 is 46.7 Å². The van der Waals surface area contributed by atoms with E-state index in [1.165, 1.54) is 24.1 Å². The van der Waals surface area contributed by atoms with Crippen molar-refractivity contribution in [2.45, 2.75) is 38.3 Å². The molecule has 4 fully saturated rings. The van der Waals surface area contributed by atoms with Crippen molar-refractivity contribution in [2.75, 3.05) is 67.1 Å². The first-order valence-corrected chi connectivity index (χ1v) is 16.3. The minimum atomic E-state index is -1.38. The van der Waals surface area contributed by atoms with Gasteiger partial charge < -0.3 is 34.4 Å². The summed E-state index contributed by atoms with van der Waals surface area (Å²) in [5, 5.41) is 12.0. The van der Waals surface area contributed by atoms with Gasteiger partial charge in [-0.15, -0.1) is 0 Å². The number of hydrogen-bond acceptors (Lipinski definition) is 9. The van der Waals surface area contributed by atoms with Crippen LogP contribution in [0.3, 0.4) is 0 Å². The number of anilines is 3. The summed E-state index contributed by atoms with van der Waals surface area (Å²) in [6, 6.07) is 5.55. The quantitative estimate of drug-likeness (QED) is 0.362. The zero-order valence-electron chi connectivity index (χ0n) is 26.7. The van der Waals surface area contributed by atoms with Crippen molar-refractivity contribution in [3.63, 3.8) is 0 Å². The molecule has 0 spiro atoms. The van der Waals surface area contributed by atoms with E-state index in [1.54, 1.807) is 26.5 Å². The van der Waals surface area contributed by atoms with Crippen LogP contribution >= 0.6 is 0 Å². The van der Waals surface area contributed by atoms with Crippen molar-refractivity contribution in [1.29, 1.82) is 0 Å². The summed E-state index contributed by atoms with van der Waals surface area (Å²) < 4.78 is 37.6. The average molecular weight is 680 g/mol. The molecule has 14 nitrogen and oxygen atoms in total. The molecule has 0 unspecified atom stereocenters. The SMILES string of the molecule is CC(=O)NC[C@H]1CN(c2ccc(N3CCN(C(=O)[C@H]4CCN(c5nc6c(cc5F)c(=O)c(C(=O)O)cn6C5CC5)C4)CC3)c(F)c2)C(=O)O1. The lowest BCUT2D eigenvalue weighted by atomic mass is 10.1. The first-order valence-electron chi connectivity index (χ1n) is 16.3.